The van der Waals surface area contributed by atoms with E-state index < -0.39 is 6.04 Å². The van der Waals surface area contributed by atoms with Gasteiger partial charge in [0.05, 0.1) is 13.2 Å². The number of morpholine rings is 1. The number of hydrogen-bond acceptors (Lipinski definition) is 4. The van der Waals surface area contributed by atoms with Crippen molar-refractivity contribution in [3.05, 3.63) is 35.4 Å². The zero-order valence-corrected chi connectivity index (χ0v) is 18.9. The van der Waals surface area contributed by atoms with E-state index in [1.54, 1.807) is 4.90 Å². The molecule has 1 aromatic carbocycles. The summed E-state index contributed by atoms with van der Waals surface area (Å²) < 4.78 is 5.48. The van der Waals surface area contributed by atoms with Gasteiger partial charge >= 0.3 is 0 Å². The fourth-order valence-electron chi connectivity index (χ4n) is 4.50. The average Bonchev–Trinajstić information content (AvgIpc) is 2.72. The summed E-state index contributed by atoms with van der Waals surface area (Å²) in [4.78, 5) is 30.4. The topological polar surface area (TPSA) is 61.9 Å². The van der Waals surface area contributed by atoms with E-state index in [-0.39, 0.29) is 23.8 Å². The van der Waals surface area contributed by atoms with Crippen molar-refractivity contribution in [2.75, 3.05) is 32.8 Å². The zero-order valence-electron chi connectivity index (χ0n) is 18.9. The van der Waals surface area contributed by atoms with Crippen LogP contribution in [-0.4, -0.2) is 66.5 Å². The van der Waals surface area contributed by atoms with Gasteiger partial charge in [-0.1, -0.05) is 52.0 Å². The maximum atomic E-state index is 13.3. The molecule has 1 N–H and O–H groups in total. The number of fused-ring (bicyclic) bond motifs is 1. The molecule has 1 saturated heterocycles. The molecule has 0 bridgehead atoms. The molecule has 2 atom stereocenters. The molecule has 6 nitrogen and oxygen atoms in total. The van der Waals surface area contributed by atoms with Gasteiger partial charge in [0, 0.05) is 45.1 Å². The van der Waals surface area contributed by atoms with Gasteiger partial charge in [-0.25, -0.2) is 0 Å². The molecule has 2 aliphatic rings. The summed E-state index contributed by atoms with van der Waals surface area (Å²) in [6, 6.07) is 7.97. The van der Waals surface area contributed by atoms with Gasteiger partial charge in [-0.2, -0.15) is 0 Å². The molecule has 1 fully saturated rings. The minimum absolute atomic E-state index is 0.0412. The third-order valence-electron chi connectivity index (χ3n) is 6.22. The standard InChI is InChI=1S/C24H37N3O3/c1-17(2)13-23(28)27-16-20-8-6-5-7-19(20)14-21(27)24(29)25-15-22(18(3)4)26-9-11-30-12-10-26/h5-8,17-18,21-22H,9-16H2,1-4H3,(H,25,29). The Labute approximate surface area is 180 Å². The Balaban J connectivity index is 1.71. The highest BCUT2D eigenvalue weighted by atomic mass is 16.5. The second-order valence-electron chi connectivity index (χ2n) is 9.31. The number of ether oxygens (including phenoxy) is 1. The Kier molecular flexibility index (Phi) is 7.89. The maximum Gasteiger partial charge on any atom is 0.243 e. The van der Waals surface area contributed by atoms with Crippen LogP contribution >= 0.6 is 0 Å². The lowest BCUT2D eigenvalue weighted by Gasteiger charge is -2.39. The SMILES string of the molecule is CC(C)CC(=O)N1Cc2ccccc2CC1C(=O)NCC(C(C)C)N1CCOCC1. The Morgan fingerprint density at radius 2 is 1.77 bits per heavy atom. The van der Waals surface area contributed by atoms with E-state index in [0.717, 1.165) is 31.9 Å². The van der Waals surface area contributed by atoms with Crippen LogP contribution < -0.4 is 5.32 Å². The first-order chi connectivity index (χ1) is 14.4. The van der Waals surface area contributed by atoms with E-state index in [4.69, 9.17) is 4.74 Å². The van der Waals surface area contributed by atoms with Crippen LogP contribution in [0, 0.1) is 11.8 Å². The second kappa shape index (κ2) is 10.4. The highest BCUT2D eigenvalue weighted by Crippen LogP contribution is 2.25. The number of benzene rings is 1. The van der Waals surface area contributed by atoms with Gasteiger partial charge < -0.3 is 15.0 Å². The number of rotatable bonds is 7. The van der Waals surface area contributed by atoms with Crippen LogP contribution in [0.25, 0.3) is 0 Å². The molecule has 2 amide bonds. The highest BCUT2D eigenvalue weighted by molar-refractivity contribution is 5.88. The van der Waals surface area contributed by atoms with Crippen molar-refractivity contribution in [3.8, 4) is 0 Å². The van der Waals surface area contributed by atoms with Gasteiger partial charge in [0.25, 0.3) is 0 Å². The van der Waals surface area contributed by atoms with Crippen LogP contribution in [-0.2, 0) is 27.3 Å². The summed E-state index contributed by atoms with van der Waals surface area (Å²) in [6.07, 6.45) is 1.05. The molecule has 2 heterocycles. The van der Waals surface area contributed by atoms with Gasteiger partial charge in [-0.15, -0.1) is 0 Å². The van der Waals surface area contributed by atoms with Gasteiger partial charge in [0.1, 0.15) is 6.04 Å². The molecular weight excluding hydrogens is 378 g/mol. The largest absolute Gasteiger partial charge is 0.379 e. The fourth-order valence-corrected chi connectivity index (χ4v) is 4.50. The van der Waals surface area contributed by atoms with Crippen molar-refractivity contribution in [2.45, 2.75) is 59.2 Å². The molecular formula is C24H37N3O3. The van der Waals surface area contributed by atoms with Crippen LogP contribution in [0.3, 0.4) is 0 Å². The molecule has 0 saturated carbocycles. The van der Waals surface area contributed by atoms with Crippen molar-refractivity contribution >= 4 is 11.8 Å². The molecule has 2 unspecified atom stereocenters. The first-order valence-corrected chi connectivity index (χ1v) is 11.3. The van der Waals surface area contributed by atoms with Crippen LogP contribution in [0.5, 0.6) is 0 Å². The van der Waals surface area contributed by atoms with Crippen LogP contribution in [0.2, 0.25) is 0 Å². The van der Waals surface area contributed by atoms with E-state index in [0.29, 0.717) is 31.8 Å². The third kappa shape index (κ3) is 5.61. The molecule has 166 valence electrons. The van der Waals surface area contributed by atoms with Gasteiger partial charge in [0.2, 0.25) is 11.8 Å². The van der Waals surface area contributed by atoms with Crippen molar-refractivity contribution < 1.29 is 14.3 Å². The first-order valence-electron chi connectivity index (χ1n) is 11.3. The quantitative estimate of drug-likeness (QED) is 0.743. The van der Waals surface area contributed by atoms with Crippen molar-refractivity contribution in [1.82, 2.24) is 15.1 Å². The number of nitrogens with one attached hydrogen (secondary N) is 1. The molecule has 30 heavy (non-hydrogen) atoms. The predicted octanol–water partition coefficient (Wildman–Crippen LogP) is 2.46. The van der Waals surface area contributed by atoms with E-state index in [1.165, 1.54) is 5.56 Å². The van der Waals surface area contributed by atoms with Gasteiger partial charge in [0.15, 0.2) is 0 Å². The Morgan fingerprint density at radius 3 is 2.40 bits per heavy atom. The molecule has 0 radical (unpaired) electrons. The minimum atomic E-state index is -0.441. The number of hydrogen-bond donors (Lipinski definition) is 1. The van der Waals surface area contributed by atoms with E-state index in [9.17, 15) is 9.59 Å². The Morgan fingerprint density at radius 1 is 1.10 bits per heavy atom. The monoisotopic (exact) mass is 415 g/mol. The minimum Gasteiger partial charge on any atom is -0.379 e. The smallest absolute Gasteiger partial charge is 0.243 e. The number of carbonyl (C=O) groups excluding carboxylic acids is 2. The Hall–Kier alpha value is -1.92. The van der Waals surface area contributed by atoms with Crippen LogP contribution in [0.15, 0.2) is 24.3 Å². The van der Waals surface area contributed by atoms with Crippen molar-refractivity contribution in [2.24, 2.45) is 11.8 Å². The van der Waals surface area contributed by atoms with E-state index in [1.807, 2.05) is 26.0 Å². The summed E-state index contributed by atoms with van der Waals surface area (Å²) in [7, 11) is 0. The van der Waals surface area contributed by atoms with Gasteiger partial charge in [-0.05, 0) is 23.0 Å². The lowest BCUT2D eigenvalue weighted by atomic mass is 9.92. The summed E-state index contributed by atoms with van der Waals surface area (Å²) in [5, 5.41) is 3.18. The lowest BCUT2D eigenvalue weighted by Crippen LogP contribution is -2.56. The summed E-state index contributed by atoms with van der Waals surface area (Å²) in [5.74, 6) is 0.716. The number of nitrogens with zero attached hydrogens (tertiary/aromatic N) is 2. The normalized spacial score (nSPS) is 20.9. The van der Waals surface area contributed by atoms with E-state index >= 15 is 0 Å². The van der Waals surface area contributed by atoms with E-state index in [2.05, 4.69) is 36.2 Å². The second-order valence-corrected chi connectivity index (χ2v) is 9.31. The Bertz CT molecular complexity index is 728. The average molecular weight is 416 g/mol. The first kappa shape index (κ1) is 22.8. The number of carbonyl (C=O) groups is 2. The highest BCUT2D eigenvalue weighted by Gasteiger charge is 2.35. The summed E-state index contributed by atoms with van der Waals surface area (Å²) in [5.41, 5.74) is 2.31. The molecule has 0 aliphatic carbocycles. The summed E-state index contributed by atoms with van der Waals surface area (Å²) in [6.45, 7) is 12.9. The van der Waals surface area contributed by atoms with Crippen molar-refractivity contribution in [3.63, 3.8) is 0 Å². The molecule has 1 aromatic rings. The zero-order chi connectivity index (χ0) is 21.7. The van der Waals surface area contributed by atoms with Crippen molar-refractivity contribution in [1.29, 1.82) is 0 Å². The molecule has 2 aliphatic heterocycles. The molecule has 3 rings (SSSR count). The molecule has 6 heteroatoms. The third-order valence-corrected chi connectivity index (χ3v) is 6.22. The molecule has 0 aromatic heterocycles. The van der Waals surface area contributed by atoms with Crippen LogP contribution in [0.4, 0.5) is 0 Å². The van der Waals surface area contributed by atoms with Crippen LogP contribution in [0.1, 0.15) is 45.2 Å². The van der Waals surface area contributed by atoms with Gasteiger partial charge in [-0.3, -0.25) is 14.5 Å². The maximum absolute atomic E-state index is 13.3. The predicted molar refractivity (Wildman–Crippen MR) is 118 cm³/mol. The number of amides is 2. The summed E-state index contributed by atoms with van der Waals surface area (Å²) >= 11 is 0. The fraction of sp³-hybridized carbons (Fsp3) is 0.667. The molecule has 0 spiro atoms. The lowest BCUT2D eigenvalue weighted by molar-refractivity contribution is -0.142.